The largest absolute Gasteiger partial charge is 0.308 e. The third kappa shape index (κ3) is 3.01. The number of hydrogen-bond donors (Lipinski definition) is 2. The van der Waals surface area contributed by atoms with E-state index in [4.69, 9.17) is 5.84 Å². The van der Waals surface area contributed by atoms with Gasteiger partial charge in [-0.3, -0.25) is 0 Å². The van der Waals surface area contributed by atoms with Crippen molar-refractivity contribution in [1.82, 2.24) is 9.97 Å². The molecule has 5 heteroatoms. The second kappa shape index (κ2) is 5.25. The Labute approximate surface area is 108 Å². The van der Waals surface area contributed by atoms with Crippen LogP contribution in [0, 0.1) is 6.92 Å². The topological polar surface area (TPSA) is 63.8 Å². The van der Waals surface area contributed by atoms with Gasteiger partial charge < -0.3 is 5.43 Å². The molecule has 88 valence electrons. The molecule has 1 heterocycles. The first-order chi connectivity index (χ1) is 8.19. The first-order valence-corrected chi connectivity index (χ1v) is 6.03. The summed E-state index contributed by atoms with van der Waals surface area (Å²) in [7, 11) is 0. The van der Waals surface area contributed by atoms with Crippen molar-refractivity contribution in [2.75, 3.05) is 5.43 Å². The number of halogens is 1. The predicted octanol–water partition coefficient (Wildman–Crippen LogP) is 2.42. The van der Waals surface area contributed by atoms with Crippen LogP contribution in [0.3, 0.4) is 0 Å². The van der Waals surface area contributed by atoms with Crippen LogP contribution in [0.5, 0.6) is 0 Å². The van der Waals surface area contributed by atoms with Crippen molar-refractivity contribution < 1.29 is 0 Å². The van der Waals surface area contributed by atoms with Gasteiger partial charge >= 0.3 is 0 Å². The lowest BCUT2D eigenvalue weighted by Crippen LogP contribution is -2.11. The van der Waals surface area contributed by atoms with Crippen molar-refractivity contribution in [3.05, 3.63) is 51.9 Å². The van der Waals surface area contributed by atoms with Gasteiger partial charge in [-0.15, -0.1) is 0 Å². The monoisotopic (exact) mass is 292 g/mol. The first kappa shape index (κ1) is 12.0. The molecule has 0 fully saturated rings. The fourth-order valence-corrected chi connectivity index (χ4v) is 2.02. The number of nitrogens with zero attached hydrogens (tertiary/aromatic N) is 2. The van der Waals surface area contributed by atoms with Crippen molar-refractivity contribution in [3.63, 3.8) is 0 Å². The van der Waals surface area contributed by atoms with Gasteiger partial charge in [0.2, 0.25) is 0 Å². The summed E-state index contributed by atoms with van der Waals surface area (Å²) in [5, 5.41) is 0. The van der Waals surface area contributed by atoms with Crippen molar-refractivity contribution in [2.24, 2.45) is 5.84 Å². The summed E-state index contributed by atoms with van der Waals surface area (Å²) in [6.07, 6.45) is 0.678. The third-order valence-corrected chi connectivity index (χ3v) is 3.13. The SMILES string of the molecule is Cc1cc(NN)nc(Cc2ccccc2Br)n1. The number of hydrazine groups is 1. The number of aryl methyl sites for hydroxylation is 1. The minimum atomic E-state index is 0.638. The lowest BCUT2D eigenvalue weighted by atomic mass is 10.1. The van der Waals surface area contributed by atoms with Crippen LogP contribution in [0.2, 0.25) is 0 Å². The average Bonchev–Trinajstić information content (AvgIpc) is 2.31. The normalized spacial score (nSPS) is 10.3. The Morgan fingerprint density at radius 2 is 2.06 bits per heavy atom. The fraction of sp³-hybridized carbons (Fsp3) is 0.167. The maximum atomic E-state index is 5.36. The molecule has 0 spiro atoms. The van der Waals surface area contributed by atoms with Crippen molar-refractivity contribution >= 4 is 21.7 Å². The molecule has 0 radical (unpaired) electrons. The van der Waals surface area contributed by atoms with Gasteiger partial charge in [-0.25, -0.2) is 15.8 Å². The molecule has 17 heavy (non-hydrogen) atoms. The highest BCUT2D eigenvalue weighted by Crippen LogP contribution is 2.18. The van der Waals surface area contributed by atoms with E-state index in [1.54, 1.807) is 0 Å². The molecule has 1 aromatic carbocycles. The summed E-state index contributed by atoms with van der Waals surface area (Å²) in [6, 6.07) is 9.84. The Morgan fingerprint density at radius 1 is 1.29 bits per heavy atom. The van der Waals surface area contributed by atoms with E-state index >= 15 is 0 Å². The minimum Gasteiger partial charge on any atom is -0.308 e. The number of hydrogen-bond acceptors (Lipinski definition) is 4. The van der Waals surface area contributed by atoms with Crippen LogP contribution in [0.4, 0.5) is 5.82 Å². The van der Waals surface area contributed by atoms with Crippen LogP contribution in [0.1, 0.15) is 17.1 Å². The minimum absolute atomic E-state index is 0.638. The second-order valence-corrected chi connectivity index (χ2v) is 4.58. The number of nitrogens with one attached hydrogen (secondary N) is 1. The smallest absolute Gasteiger partial charge is 0.143 e. The van der Waals surface area contributed by atoms with Gasteiger partial charge in [0.15, 0.2) is 0 Å². The van der Waals surface area contributed by atoms with Gasteiger partial charge in [0.05, 0.1) is 0 Å². The maximum absolute atomic E-state index is 5.36. The van der Waals surface area contributed by atoms with E-state index in [2.05, 4.69) is 31.3 Å². The molecule has 0 atom stereocenters. The summed E-state index contributed by atoms with van der Waals surface area (Å²) < 4.78 is 1.06. The Hall–Kier alpha value is -1.46. The van der Waals surface area contributed by atoms with Crippen LogP contribution in [0.15, 0.2) is 34.8 Å². The summed E-state index contributed by atoms with van der Waals surface area (Å²) in [4.78, 5) is 8.71. The molecule has 0 saturated carbocycles. The van der Waals surface area contributed by atoms with Gasteiger partial charge in [-0.2, -0.15) is 0 Å². The molecule has 2 aromatic rings. The standard InChI is InChI=1S/C12H13BrN4/c1-8-6-12(17-14)16-11(15-8)7-9-4-2-3-5-10(9)13/h2-6H,7,14H2,1H3,(H,15,16,17). The van der Waals surface area contributed by atoms with Gasteiger partial charge in [-0.05, 0) is 18.6 Å². The molecule has 0 aliphatic heterocycles. The summed E-state index contributed by atoms with van der Waals surface area (Å²) in [5.74, 6) is 6.75. The average molecular weight is 293 g/mol. The number of nitrogen functional groups attached to an aromatic ring is 1. The molecular formula is C12H13BrN4. The highest BCUT2D eigenvalue weighted by molar-refractivity contribution is 9.10. The van der Waals surface area contributed by atoms with Crippen LogP contribution < -0.4 is 11.3 Å². The molecule has 1 aromatic heterocycles. The van der Waals surface area contributed by atoms with Crippen LogP contribution in [0.25, 0.3) is 0 Å². The number of rotatable bonds is 3. The Bertz CT molecular complexity index is 528. The highest BCUT2D eigenvalue weighted by Gasteiger charge is 2.05. The summed E-state index contributed by atoms with van der Waals surface area (Å²) in [5.41, 5.74) is 4.60. The van der Waals surface area contributed by atoms with Crippen LogP contribution >= 0.6 is 15.9 Å². The van der Waals surface area contributed by atoms with Crippen molar-refractivity contribution in [1.29, 1.82) is 0 Å². The maximum Gasteiger partial charge on any atom is 0.143 e. The second-order valence-electron chi connectivity index (χ2n) is 3.72. The highest BCUT2D eigenvalue weighted by atomic mass is 79.9. The van der Waals surface area contributed by atoms with Gasteiger partial charge in [0.1, 0.15) is 11.6 Å². The third-order valence-electron chi connectivity index (χ3n) is 2.35. The zero-order valence-corrected chi connectivity index (χ0v) is 11.0. The lowest BCUT2D eigenvalue weighted by molar-refractivity contribution is 0.938. The van der Waals surface area contributed by atoms with E-state index in [0.717, 1.165) is 21.6 Å². The summed E-state index contributed by atoms with van der Waals surface area (Å²) >= 11 is 3.51. The molecule has 0 aliphatic carbocycles. The quantitative estimate of drug-likeness (QED) is 0.674. The number of benzene rings is 1. The molecule has 0 aliphatic rings. The molecule has 2 rings (SSSR count). The molecule has 0 unspecified atom stereocenters. The molecule has 0 amide bonds. The molecule has 4 nitrogen and oxygen atoms in total. The van der Waals surface area contributed by atoms with Crippen molar-refractivity contribution in [2.45, 2.75) is 13.3 Å². The Balaban J connectivity index is 2.30. The number of aromatic nitrogens is 2. The van der Waals surface area contributed by atoms with Gasteiger partial charge in [0, 0.05) is 22.7 Å². The predicted molar refractivity (Wildman–Crippen MR) is 71.5 cm³/mol. The van der Waals surface area contributed by atoms with Crippen molar-refractivity contribution in [3.8, 4) is 0 Å². The van der Waals surface area contributed by atoms with E-state index < -0.39 is 0 Å². The van der Waals surface area contributed by atoms with E-state index in [1.807, 2.05) is 37.3 Å². The van der Waals surface area contributed by atoms with Crippen LogP contribution in [-0.2, 0) is 6.42 Å². The molecule has 0 bridgehead atoms. The zero-order valence-electron chi connectivity index (χ0n) is 9.44. The lowest BCUT2D eigenvalue weighted by Gasteiger charge is -2.06. The molecular weight excluding hydrogens is 280 g/mol. The number of anilines is 1. The number of nitrogens with two attached hydrogens (primary N) is 1. The van der Waals surface area contributed by atoms with E-state index in [1.165, 1.54) is 0 Å². The van der Waals surface area contributed by atoms with E-state index in [-0.39, 0.29) is 0 Å². The van der Waals surface area contributed by atoms with E-state index in [9.17, 15) is 0 Å². The first-order valence-electron chi connectivity index (χ1n) is 5.23. The van der Waals surface area contributed by atoms with E-state index in [0.29, 0.717) is 12.2 Å². The zero-order chi connectivity index (χ0) is 12.3. The summed E-state index contributed by atoms with van der Waals surface area (Å²) in [6.45, 7) is 1.92. The molecule has 0 saturated heterocycles. The Morgan fingerprint density at radius 3 is 2.76 bits per heavy atom. The van der Waals surface area contributed by atoms with Gasteiger partial charge in [-0.1, -0.05) is 34.1 Å². The molecule has 3 N–H and O–H groups in total. The Kier molecular flexibility index (Phi) is 3.71. The van der Waals surface area contributed by atoms with Crippen LogP contribution in [-0.4, -0.2) is 9.97 Å². The fourth-order valence-electron chi connectivity index (χ4n) is 1.60. The van der Waals surface area contributed by atoms with Gasteiger partial charge in [0.25, 0.3) is 0 Å².